The lowest BCUT2D eigenvalue weighted by Gasteiger charge is -2.19. The van der Waals surface area contributed by atoms with Gasteiger partial charge in [0.15, 0.2) is 0 Å². The van der Waals surface area contributed by atoms with Gasteiger partial charge in [-0.1, -0.05) is 13.8 Å². The molecule has 1 aliphatic heterocycles. The molecule has 1 aromatic rings. The van der Waals surface area contributed by atoms with Crippen molar-refractivity contribution < 1.29 is 27.9 Å². The van der Waals surface area contributed by atoms with Crippen LogP contribution in [-0.2, 0) is 11.3 Å². The Morgan fingerprint density at radius 1 is 1.33 bits per heavy atom. The minimum absolute atomic E-state index is 0.287. The van der Waals surface area contributed by atoms with Gasteiger partial charge in [-0.25, -0.2) is 4.79 Å². The van der Waals surface area contributed by atoms with Crippen LogP contribution in [0.1, 0.15) is 38.3 Å². The van der Waals surface area contributed by atoms with Gasteiger partial charge in [0.2, 0.25) is 0 Å². The normalized spacial score (nSPS) is 23.1. The molecule has 0 bridgehead atoms. The van der Waals surface area contributed by atoms with Crippen LogP contribution in [0.15, 0.2) is 6.20 Å². The molecule has 1 aliphatic carbocycles. The van der Waals surface area contributed by atoms with Crippen molar-refractivity contribution in [3.8, 4) is 0 Å². The van der Waals surface area contributed by atoms with Crippen LogP contribution in [0.5, 0.6) is 0 Å². The van der Waals surface area contributed by atoms with Crippen LogP contribution in [0.2, 0.25) is 0 Å². The molecule has 150 valence electrons. The Morgan fingerprint density at radius 3 is 2.48 bits per heavy atom. The van der Waals surface area contributed by atoms with Crippen LogP contribution in [0.4, 0.5) is 23.7 Å². The molecule has 2 N–H and O–H groups in total. The topological polar surface area (TPSA) is 87.5 Å². The summed E-state index contributed by atoms with van der Waals surface area (Å²) in [5, 5.41) is 16.0. The maximum Gasteiger partial charge on any atom is 0.394 e. The summed E-state index contributed by atoms with van der Waals surface area (Å²) in [4.78, 5) is 24.6. The minimum atomic E-state index is -4.67. The summed E-state index contributed by atoms with van der Waals surface area (Å²) in [6.07, 6.45) is -1.19. The van der Waals surface area contributed by atoms with Gasteiger partial charge in [-0.15, -0.1) is 0 Å². The smallest absolute Gasteiger partial charge is 0.394 e. The van der Waals surface area contributed by atoms with Gasteiger partial charge < -0.3 is 15.3 Å². The summed E-state index contributed by atoms with van der Waals surface area (Å²) < 4.78 is 41.1. The van der Waals surface area contributed by atoms with Crippen molar-refractivity contribution in [2.75, 3.05) is 18.4 Å². The number of aromatic nitrogens is 2. The molecule has 0 unspecified atom stereocenters. The Bertz CT molecular complexity index is 727. The van der Waals surface area contributed by atoms with Crippen LogP contribution < -0.4 is 5.32 Å². The first-order chi connectivity index (χ1) is 12.6. The van der Waals surface area contributed by atoms with Gasteiger partial charge in [0.25, 0.3) is 0 Å². The van der Waals surface area contributed by atoms with E-state index in [0.29, 0.717) is 18.2 Å². The lowest BCUT2D eigenvalue weighted by atomic mass is 9.96. The van der Waals surface area contributed by atoms with E-state index in [-0.39, 0.29) is 5.92 Å². The molecule has 7 nitrogen and oxygen atoms in total. The number of amides is 2. The number of urea groups is 1. The first-order valence-electron chi connectivity index (χ1n) is 8.99. The molecule has 1 aromatic heterocycles. The molecule has 0 spiro atoms. The first kappa shape index (κ1) is 19.5. The lowest BCUT2D eigenvalue weighted by Crippen LogP contribution is -2.35. The lowest BCUT2D eigenvalue weighted by molar-refractivity contribution is -0.187. The molecule has 2 heterocycles. The van der Waals surface area contributed by atoms with E-state index in [2.05, 4.69) is 10.4 Å². The van der Waals surface area contributed by atoms with E-state index < -0.39 is 43.1 Å². The number of alkyl halides is 3. The predicted molar refractivity (Wildman–Crippen MR) is 90.3 cm³/mol. The number of carboxylic acid groups (broad SMARTS) is 1. The van der Waals surface area contributed by atoms with E-state index in [9.17, 15) is 22.8 Å². The van der Waals surface area contributed by atoms with Crippen molar-refractivity contribution >= 4 is 17.7 Å². The SMILES string of the molecule is CC(C)Cn1ncc(NC(=O)N2C[C@@H](C(F)(F)F)[C@H](C(=O)O)C2)c1C1CC1. The Morgan fingerprint density at radius 2 is 2.00 bits per heavy atom. The molecule has 1 saturated carbocycles. The third kappa shape index (κ3) is 4.19. The number of carboxylic acids is 1. The highest BCUT2D eigenvalue weighted by Gasteiger charge is 2.53. The van der Waals surface area contributed by atoms with E-state index in [1.165, 1.54) is 6.20 Å². The summed E-state index contributed by atoms with van der Waals surface area (Å²) in [6.45, 7) is 3.65. The molecule has 2 aliphatic rings. The van der Waals surface area contributed by atoms with Crippen LogP contribution in [0.3, 0.4) is 0 Å². The fourth-order valence-corrected chi connectivity index (χ4v) is 3.52. The standard InChI is InChI=1S/C17H23F3N4O3/c1-9(2)6-24-14(10-3-4-10)13(5-21-24)22-16(27)23-7-11(15(25)26)12(8-23)17(18,19)20/h5,9-12H,3-4,6-8H2,1-2H3,(H,22,27)(H,25,26)/t11-,12-/m1/s1. The van der Waals surface area contributed by atoms with Crippen molar-refractivity contribution in [1.82, 2.24) is 14.7 Å². The second-order valence-corrected chi connectivity index (χ2v) is 7.72. The number of carbonyl (C=O) groups excluding carboxylic acids is 1. The van der Waals surface area contributed by atoms with E-state index in [1.807, 2.05) is 18.5 Å². The molecule has 1 saturated heterocycles. The number of aliphatic carboxylic acids is 1. The van der Waals surface area contributed by atoms with Crippen molar-refractivity contribution in [3.05, 3.63) is 11.9 Å². The van der Waals surface area contributed by atoms with Crippen molar-refractivity contribution in [2.45, 2.75) is 45.3 Å². The quantitative estimate of drug-likeness (QED) is 0.811. The Kier molecular flexibility index (Phi) is 5.09. The van der Waals surface area contributed by atoms with Crippen molar-refractivity contribution in [1.29, 1.82) is 0 Å². The van der Waals surface area contributed by atoms with E-state index in [0.717, 1.165) is 23.4 Å². The predicted octanol–water partition coefficient (Wildman–Crippen LogP) is 3.14. The van der Waals surface area contributed by atoms with Crippen molar-refractivity contribution in [2.24, 2.45) is 17.8 Å². The molecule has 27 heavy (non-hydrogen) atoms. The summed E-state index contributed by atoms with van der Waals surface area (Å²) in [6, 6.07) is -0.723. The van der Waals surface area contributed by atoms with Gasteiger partial charge in [0, 0.05) is 25.6 Å². The van der Waals surface area contributed by atoms with Gasteiger partial charge in [-0.2, -0.15) is 18.3 Å². The summed E-state index contributed by atoms with van der Waals surface area (Å²) in [7, 11) is 0. The number of likely N-dealkylation sites (tertiary alicyclic amines) is 1. The van der Waals surface area contributed by atoms with Crippen LogP contribution >= 0.6 is 0 Å². The number of anilines is 1. The fraction of sp³-hybridized carbons (Fsp3) is 0.706. The summed E-state index contributed by atoms with van der Waals surface area (Å²) in [5.74, 6) is -4.62. The highest BCUT2D eigenvalue weighted by molar-refractivity contribution is 5.90. The summed E-state index contributed by atoms with van der Waals surface area (Å²) in [5.41, 5.74) is 1.38. The highest BCUT2D eigenvalue weighted by atomic mass is 19.4. The number of nitrogens with one attached hydrogen (secondary N) is 1. The number of nitrogens with zero attached hydrogens (tertiary/aromatic N) is 3. The Balaban J connectivity index is 1.74. The fourth-order valence-electron chi connectivity index (χ4n) is 3.52. The second kappa shape index (κ2) is 7.05. The van der Waals surface area contributed by atoms with E-state index >= 15 is 0 Å². The zero-order valence-electron chi connectivity index (χ0n) is 15.2. The maximum atomic E-state index is 13.1. The Labute approximate surface area is 154 Å². The van der Waals surface area contributed by atoms with Gasteiger partial charge in [-0.05, 0) is 18.8 Å². The molecule has 3 rings (SSSR count). The van der Waals surface area contributed by atoms with Gasteiger partial charge in [0.05, 0.1) is 29.4 Å². The monoisotopic (exact) mass is 388 g/mol. The number of hydrogen-bond acceptors (Lipinski definition) is 3. The molecular formula is C17H23F3N4O3. The zero-order chi connectivity index (χ0) is 19.9. The minimum Gasteiger partial charge on any atom is -0.481 e. The molecule has 0 radical (unpaired) electrons. The number of halogens is 3. The number of hydrogen-bond donors (Lipinski definition) is 2. The molecular weight excluding hydrogens is 365 g/mol. The van der Waals surface area contributed by atoms with Crippen molar-refractivity contribution in [3.63, 3.8) is 0 Å². The average Bonchev–Trinajstić information content (AvgIpc) is 3.13. The van der Waals surface area contributed by atoms with E-state index in [1.54, 1.807) is 0 Å². The largest absolute Gasteiger partial charge is 0.481 e. The van der Waals surface area contributed by atoms with Crippen LogP contribution in [-0.4, -0.2) is 51.1 Å². The first-order valence-corrected chi connectivity index (χ1v) is 8.99. The zero-order valence-corrected chi connectivity index (χ0v) is 15.2. The highest BCUT2D eigenvalue weighted by Crippen LogP contribution is 2.44. The molecule has 0 aromatic carbocycles. The summed E-state index contributed by atoms with van der Waals surface area (Å²) >= 11 is 0. The molecule has 2 atom stereocenters. The Hall–Kier alpha value is -2.26. The molecule has 2 fully saturated rings. The third-order valence-corrected chi connectivity index (χ3v) is 4.97. The number of carbonyl (C=O) groups is 2. The second-order valence-electron chi connectivity index (χ2n) is 7.72. The van der Waals surface area contributed by atoms with Crippen LogP contribution in [0.25, 0.3) is 0 Å². The third-order valence-electron chi connectivity index (χ3n) is 4.97. The van der Waals surface area contributed by atoms with Gasteiger partial charge >= 0.3 is 18.2 Å². The van der Waals surface area contributed by atoms with E-state index in [4.69, 9.17) is 5.11 Å². The van der Waals surface area contributed by atoms with Gasteiger partial charge in [0.1, 0.15) is 0 Å². The average molecular weight is 388 g/mol. The van der Waals surface area contributed by atoms with Crippen LogP contribution in [0, 0.1) is 17.8 Å². The molecule has 2 amide bonds. The number of rotatable bonds is 5. The van der Waals surface area contributed by atoms with Gasteiger partial charge in [-0.3, -0.25) is 9.48 Å². The maximum absolute atomic E-state index is 13.1. The molecule has 10 heteroatoms.